The summed E-state index contributed by atoms with van der Waals surface area (Å²) in [6.45, 7) is 1.08. The van der Waals surface area contributed by atoms with Crippen LogP contribution in [0.15, 0.2) is 29.0 Å². The lowest BCUT2D eigenvalue weighted by atomic mass is 10.3. The Bertz CT molecular complexity index is 664. The van der Waals surface area contributed by atoms with Crippen LogP contribution in [-0.4, -0.2) is 16.6 Å². The Morgan fingerprint density at radius 3 is 2.95 bits per heavy atom. The molecule has 2 N–H and O–H groups in total. The normalized spacial score (nSPS) is 11.2. The molecular weight excluding hydrogens is 278 g/mol. The molecule has 0 fully saturated rings. The second-order valence-corrected chi connectivity index (χ2v) is 5.97. The van der Waals surface area contributed by atoms with Gasteiger partial charge >= 0.3 is 0 Å². The largest absolute Gasteiger partial charge is 0.383 e. The standard InChI is InChI=1S/C13H13N3OS2/c14-12-10-4-7-19-13(10)16-11(15-12)8-17-5-3-9-2-1-6-18-9/h1-2,4,6-7H,3,5,8H2,(H2,14,15,16). The van der Waals surface area contributed by atoms with Gasteiger partial charge in [0, 0.05) is 11.3 Å². The first-order chi connectivity index (χ1) is 9.33. The molecule has 0 amide bonds. The lowest BCUT2D eigenvalue weighted by molar-refractivity contribution is 0.119. The van der Waals surface area contributed by atoms with Crippen molar-refractivity contribution in [1.82, 2.24) is 9.97 Å². The fourth-order valence-corrected chi connectivity index (χ4v) is 3.26. The molecule has 0 radical (unpaired) electrons. The second kappa shape index (κ2) is 5.64. The molecule has 3 rings (SSSR count). The molecule has 4 nitrogen and oxygen atoms in total. The molecule has 3 aromatic rings. The van der Waals surface area contributed by atoms with Gasteiger partial charge in [-0.15, -0.1) is 22.7 Å². The van der Waals surface area contributed by atoms with Crippen LogP contribution < -0.4 is 5.73 Å². The Kier molecular flexibility index (Phi) is 3.72. The Morgan fingerprint density at radius 2 is 2.11 bits per heavy atom. The van der Waals surface area contributed by atoms with Crippen LogP contribution in [-0.2, 0) is 17.8 Å². The Labute approximate surface area is 118 Å². The van der Waals surface area contributed by atoms with Gasteiger partial charge in [-0.25, -0.2) is 9.97 Å². The van der Waals surface area contributed by atoms with E-state index in [2.05, 4.69) is 27.5 Å². The monoisotopic (exact) mass is 291 g/mol. The molecule has 6 heteroatoms. The molecule has 3 aromatic heterocycles. The van der Waals surface area contributed by atoms with E-state index in [-0.39, 0.29) is 0 Å². The van der Waals surface area contributed by atoms with Crippen LogP contribution in [0.3, 0.4) is 0 Å². The molecule has 0 aliphatic carbocycles. The van der Waals surface area contributed by atoms with Gasteiger partial charge in [-0.05, 0) is 22.9 Å². The average Bonchev–Trinajstić information content (AvgIpc) is 3.05. The zero-order valence-corrected chi connectivity index (χ0v) is 11.8. The van der Waals surface area contributed by atoms with Gasteiger partial charge in [-0.1, -0.05) is 6.07 Å². The number of nitrogens with two attached hydrogens (primary N) is 1. The van der Waals surface area contributed by atoms with Gasteiger partial charge in [-0.2, -0.15) is 0 Å². The molecule has 3 heterocycles. The van der Waals surface area contributed by atoms with Crippen LogP contribution in [0.1, 0.15) is 10.7 Å². The minimum atomic E-state index is 0.406. The second-order valence-electron chi connectivity index (χ2n) is 4.05. The van der Waals surface area contributed by atoms with E-state index in [9.17, 15) is 0 Å². The molecule has 0 unspecified atom stereocenters. The molecule has 0 aliphatic rings. The predicted molar refractivity (Wildman–Crippen MR) is 79.5 cm³/mol. The van der Waals surface area contributed by atoms with Crippen LogP contribution in [0.2, 0.25) is 0 Å². The van der Waals surface area contributed by atoms with E-state index in [0.29, 0.717) is 24.9 Å². The molecule has 0 saturated heterocycles. The summed E-state index contributed by atoms with van der Waals surface area (Å²) in [7, 11) is 0. The van der Waals surface area contributed by atoms with Crippen LogP contribution >= 0.6 is 22.7 Å². The van der Waals surface area contributed by atoms with Gasteiger partial charge in [0.2, 0.25) is 0 Å². The lowest BCUT2D eigenvalue weighted by Crippen LogP contribution is -2.04. The van der Waals surface area contributed by atoms with Gasteiger partial charge in [0.1, 0.15) is 17.3 Å². The number of rotatable bonds is 5. The van der Waals surface area contributed by atoms with E-state index in [0.717, 1.165) is 16.6 Å². The van der Waals surface area contributed by atoms with Gasteiger partial charge in [0.15, 0.2) is 5.82 Å². The highest BCUT2D eigenvalue weighted by atomic mass is 32.1. The van der Waals surface area contributed by atoms with Gasteiger partial charge in [-0.3, -0.25) is 0 Å². The zero-order chi connectivity index (χ0) is 13.1. The Balaban J connectivity index is 1.59. The summed E-state index contributed by atoms with van der Waals surface area (Å²) >= 11 is 3.31. The summed E-state index contributed by atoms with van der Waals surface area (Å²) < 4.78 is 5.60. The maximum absolute atomic E-state index is 5.88. The highest BCUT2D eigenvalue weighted by molar-refractivity contribution is 7.16. The third-order valence-electron chi connectivity index (χ3n) is 2.70. The fourth-order valence-electron chi connectivity index (χ4n) is 1.78. The van der Waals surface area contributed by atoms with Crippen molar-refractivity contribution in [3.63, 3.8) is 0 Å². The highest BCUT2D eigenvalue weighted by Crippen LogP contribution is 2.22. The van der Waals surface area contributed by atoms with E-state index in [1.165, 1.54) is 4.88 Å². The van der Waals surface area contributed by atoms with E-state index in [1.807, 2.05) is 11.4 Å². The minimum absolute atomic E-state index is 0.406. The molecule has 0 aromatic carbocycles. The smallest absolute Gasteiger partial charge is 0.158 e. The van der Waals surface area contributed by atoms with Crippen LogP contribution in [0.5, 0.6) is 0 Å². The number of aromatic nitrogens is 2. The minimum Gasteiger partial charge on any atom is -0.383 e. The molecule has 19 heavy (non-hydrogen) atoms. The summed E-state index contributed by atoms with van der Waals surface area (Å²) in [4.78, 5) is 10.9. The summed E-state index contributed by atoms with van der Waals surface area (Å²) in [5.74, 6) is 1.18. The molecule has 0 bridgehead atoms. The third-order valence-corrected chi connectivity index (χ3v) is 4.45. The van der Waals surface area contributed by atoms with Crippen molar-refractivity contribution in [2.45, 2.75) is 13.0 Å². The predicted octanol–water partition coefficient (Wildman–Crippen LogP) is 3.09. The van der Waals surface area contributed by atoms with Crippen molar-refractivity contribution in [2.24, 2.45) is 0 Å². The first-order valence-electron chi connectivity index (χ1n) is 5.92. The van der Waals surface area contributed by atoms with Crippen molar-refractivity contribution in [2.75, 3.05) is 12.3 Å². The number of anilines is 1. The van der Waals surface area contributed by atoms with Crippen LogP contribution in [0, 0.1) is 0 Å². The van der Waals surface area contributed by atoms with E-state index >= 15 is 0 Å². The molecule has 0 spiro atoms. The molecule has 0 aliphatic heterocycles. The number of thiophene rings is 2. The average molecular weight is 291 g/mol. The van der Waals surface area contributed by atoms with E-state index in [4.69, 9.17) is 10.5 Å². The number of hydrogen-bond donors (Lipinski definition) is 1. The number of nitrogens with zero attached hydrogens (tertiary/aromatic N) is 2. The van der Waals surface area contributed by atoms with Crippen molar-refractivity contribution in [3.05, 3.63) is 39.7 Å². The van der Waals surface area contributed by atoms with Crippen molar-refractivity contribution in [1.29, 1.82) is 0 Å². The summed E-state index contributed by atoms with van der Waals surface area (Å²) in [5.41, 5.74) is 5.88. The maximum atomic E-state index is 5.88. The number of nitrogen functional groups attached to an aromatic ring is 1. The zero-order valence-electron chi connectivity index (χ0n) is 10.2. The van der Waals surface area contributed by atoms with Crippen molar-refractivity contribution >= 4 is 38.7 Å². The number of hydrogen-bond acceptors (Lipinski definition) is 6. The molecular formula is C13H13N3OS2. The van der Waals surface area contributed by atoms with Crippen molar-refractivity contribution < 1.29 is 4.74 Å². The van der Waals surface area contributed by atoms with E-state index in [1.54, 1.807) is 22.7 Å². The van der Waals surface area contributed by atoms with Gasteiger partial charge in [0.25, 0.3) is 0 Å². The van der Waals surface area contributed by atoms with Crippen molar-refractivity contribution in [3.8, 4) is 0 Å². The molecule has 0 atom stereocenters. The Hall–Kier alpha value is -1.50. The highest BCUT2D eigenvalue weighted by Gasteiger charge is 2.06. The summed E-state index contributed by atoms with van der Waals surface area (Å²) in [5, 5.41) is 4.97. The van der Waals surface area contributed by atoms with E-state index < -0.39 is 0 Å². The summed E-state index contributed by atoms with van der Waals surface area (Å²) in [6.07, 6.45) is 0.925. The topological polar surface area (TPSA) is 61.0 Å². The number of fused-ring (bicyclic) bond motifs is 1. The number of ether oxygens (including phenoxy) is 1. The first-order valence-corrected chi connectivity index (χ1v) is 7.68. The molecule has 0 saturated carbocycles. The SMILES string of the molecule is Nc1nc(COCCc2cccs2)nc2sccc12. The van der Waals surface area contributed by atoms with Gasteiger partial charge in [0.05, 0.1) is 12.0 Å². The molecule has 98 valence electrons. The van der Waals surface area contributed by atoms with Gasteiger partial charge < -0.3 is 10.5 Å². The van der Waals surface area contributed by atoms with Crippen LogP contribution in [0.25, 0.3) is 10.2 Å². The Morgan fingerprint density at radius 1 is 1.16 bits per heavy atom. The fraction of sp³-hybridized carbons (Fsp3) is 0.231. The lowest BCUT2D eigenvalue weighted by Gasteiger charge is -2.04. The maximum Gasteiger partial charge on any atom is 0.158 e. The quantitative estimate of drug-likeness (QED) is 0.734. The first kappa shape index (κ1) is 12.5. The van der Waals surface area contributed by atoms with Crippen LogP contribution in [0.4, 0.5) is 5.82 Å². The third kappa shape index (κ3) is 2.91. The summed E-state index contributed by atoms with van der Waals surface area (Å²) in [6, 6.07) is 6.10.